The summed E-state index contributed by atoms with van der Waals surface area (Å²) < 4.78 is 0. The highest BCUT2D eigenvalue weighted by atomic mass is 16.4. The lowest BCUT2D eigenvalue weighted by Gasteiger charge is -2.19. The summed E-state index contributed by atoms with van der Waals surface area (Å²) in [6.45, 7) is 8.82. The van der Waals surface area contributed by atoms with Crippen molar-refractivity contribution >= 4 is 5.97 Å². The number of carboxylic acid groups (broad SMARTS) is 1. The molecule has 0 spiro atoms. The topological polar surface area (TPSA) is 37.3 Å². The summed E-state index contributed by atoms with van der Waals surface area (Å²) in [7, 11) is 0. The fraction of sp³-hybridized carbons (Fsp3) is 0.240. The van der Waals surface area contributed by atoms with Gasteiger partial charge in [-0.2, -0.15) is 0 Å². The van der Waals surface area contributed by atoms with Gasteiger partial charge in [-0.15, -0.1) is 0 Å². The molecule has 27 heavy (non-hydrogen) atoms. The molecular formula is C25H26O2. The molecule has 0 radical (unpaired) electrons. The van der Waals surface area contributed by atoms with E-state index in [1.165, 1.54) is 22.3 Å². The van der Waals surface area contributed by atoms with Gasteiger partial charge in [0.05, 0.1) is 5.56 Å². The van der Waals surface area contributed by atoms with Crippen LogP contribution in [-0.2, 0) is 11.8 Å². The quantitative estimate of drug-likeness (QED) is 0.598. The Labute approximate surface area is 161 Å². The van der Waals surface area contributed by atoms with Crippen LogP contribution in [0.2, 0.25) is 0 Å². The lowest BCUT2D eigenvalue weighted by atomic mass is 9.86. The summed E-state index contributed by atoms with van der Waals surface area (Å²) in [6.07, 6.45) is 0.886. The van der Waals surface area contributed by atoms with Crippen molar-refractivity contribution in [2.24, 2.45) is 0 Å². The highest BCUT2D eigenvalue weighted by Gasteiger charge is 2.13. The molecule has 2 heteroatoms. The van der Waals surface area contributed by atoms with Gasteiger partial charge in [-0.05, 0) is 64.3 Å². The number of benzene rings is 3. The molecule has 3 rings (SSSR count). The van der Waals surface area contributed by atoms with E-state index in [0.717, 1.165) is 17.5 Å². The van der Waals surface area contributed by atoms with Crippen LogP contribution in [0.25, 0.3) is 11.1 Å². The Morgan fingerprint density at radius 2 is 1.44 bits per heavy atom. The van der Waals surface area contributed by atoms with Gasteiger partial charge in [0, 0.05) is 0 Å². The molecule has 2 nitrogen and oxygen atoms in total. The molecule has 0 bridgehead atoms. The second-order valence-corrected chi connectivity index (χ2v) is 8.15. The maximum absolute atomic E-state index is 11.0. The smallest absolute Gasteiger partial charge is 0.335 e. The van der Waals surface area contributed by atoms with E-state index in [-0.39, 0.29) is 5.41 Å². The molecule has 0 aliphatic carbocycles. The minimum Gasteiger partial charge on any atom is -0.478 e. The van der Waals surface area contributed by atoms with Crippen LogP contribution >= 0.6 is 0 Å². The highest BCUT2D eigenvalue weighted by Crippen LogP contribution is 2.26. The maximum Gasteiger partial charge on any atom is 0.335 e. The monoisotopic (exact) mass is 358 g/mol. The Balaban J connectivity index is 1.86. The van der Waals surface area contributed by atoms with Gasteiger partial charge in [0.15, 0.2) is 0 Å². The SMILES string of the molecule is Cc1ccc(-c2ccc(C(=O)O)cc2)cc1Cc1ccc(C(C)(C)C)cc1. The molecule has 0 atom stereocenters. The third-order valence-corrected chi connectivity index (χ3v) is 5.03. The molecule has 0 unspecified atom stereocenters. The van der Waals surface area contributed by atoms with Crippen LogP contribution in [0.4, 0.5) is 0 Å². The first-order valence-corrected chi connectivity index (χ1v) is 9.27. The van der Waals surface area contributed by atoms with Crippen molar-refractivity contribution in [1.82, 2.24) is 0 Å². The minimum atomic E-state index is -0.898. The Hall–Kier alpha value is -2.87. The Bertz CT molecular complexity index is 943. The second-order valence-electron chi connectivity index (χ2n) is 8.15. The van der Waals surface area contributed by atoms with Crippen LogP contribution < -0.4 is 0 Å². The van der Waals surface area contributed by atoms with Gasteiger partial charge in [-0.1, -0.05) is 75.4 Å². The number of aryl methyl sites for hydroxylation is 1. The van der Waals surface area contributed by atoms with Crippen LogP contribution in [0.15, 0.2) is 66.7 Å². The number of rotatable bonds is 4. The van der Waals surface area contributed by atoms with E-state index in [4.69, 9.17) is 5.11 Å². The van der Waals surface area contributed by atoms with Crippen LogP contribution in [0.1, 0.15) is 53.4 Å². The number of hydrogen-bond acceptors (Lipinski definition) is 1. The van der Waals surface area contributed by atoms with Gasteiger partial charge in [0.25, 0.3) is 0 Å². The Kier molecular flexibility index (Phi) is 5.18. The first-order chi connectivity index (χ1) is 12.7. The van der Waals surface area contributed by atoms with Crippen LogP contribution in [-0.4, -0.2) is 11.1 Å². The van der Waals surface area contributed by atoms with Crippen molar-refractivity contribution in [2.75, 3.05) is 0 Å². The van der Waals surface area contributed by atoms with E-state index < -0.39 is 5.97 Å². The lowest BCUT2D eigenvalue weighted by molar-refractivity contribution is 0.0697. The first kappa shape index (κ1) is 18.9. The summed E-state index contributed by atoms with van der Waals surface area (Å²) in [5.41, 5.74) is 7.81. The van der Waals surface area contributed by atoms with E-state index >= 15 is 0 Å². The van der Waals surface area contributed by atoms with Crippen molar-refractivity contribution in [3.63, 3.8) is 0 Å². The predicted molar refractivity (Wildman–Crippen MR) is 112 cm³/mol. The number of hydrogen-bond donors (Lipinski definition) is 1. The zero-order valence-electron chi connectivity index (χ0n) is 16.4. The summed E-state index contributed by atoms with van der Waals surface area (Å²) in [4.78, 5) is 11.0. The summed E-state index contributed by atoms with van der Waals surface area (Å²) in [5.74, 6) is -0.898. The maximum atomic E-state index is 11.0. The lowest BCUT2D eigenvalue weighted by Crippen LogP contribution is -2.10. The van der Waals surface area contributed by atoms with Crippen molar-refractivity contribution in [3.05, 3.63) is 94.5 Å². The largest absolute Gasteiger partial charge is 0.478 e. The molecule has 3 aromatic rings. The van der Waals surface area contributed by atoms with Gasteiger partial charge in [-0.25, -0.2) is 4.79 Å². The van der Waals surface area contributed by atoms with Crippen molar-refractivity contribution in [2.45, 2.75) is 39.5 Å². The van der Waals surface area contributed by atoms with E-state index in [9.17, 15) is 4.79 Å². The fourth-order valence-electron chi connectivity index (χ4n) is 3.19. The molecule has 0 aliphatic heterocycles. The van der Waals surface area contributed by atoms with Crippen molar-refractivity contribution in [3.8, 4) is 11.1 Å². The minimum absolute atomic E-state index is 0.163. The summed E-state index contributed by atoms with van der Waals surface area (Å²) in [6, 6.07) is 22.4. The average molecular weight is 358 g/mol. The Morgan fingerprint density at radius 1 is 0.852 bits per heavy atom. The third-order valence-electron chi connectivity index (χ3n) is 5.03. The molecule has 3 aromatic carbocycles. The van der Waals surface area contributed by atoms with E-state index in [1.54, 1.807) is 12.1 Å². The predicted octanol–water partition coefficient (Wildman–Crippen LogP) is 6.25. The molecule has 0 saturated carbocycles. The van der Waals surface area contributed by atoms with Crippen molar-refractivity contribution in [1.29, 1.82) is 0 Å². The fourth-order valence-corrected chi connectivity index (χ4v) is 3.19. The highest BCUT2D eigenvalue weighted by molar-refractivity contribution is 5.88. The third kappa shape index (κ3) is 4.46. The van der Waals surface area contributed by atoms with Gasteiger partial charge < -0.3 is 5.11 Å². The van der Waals surface area contributed by atoms with Gasteiger partial charge in [-0.3, -0.25) is 0 Å². The molecule has 0 fully saturated rings. The normalized spacial score (nSPS) is 11.4. The van der Waals surface area contributed by atoms with E-state index in [2.05, 4.69) is 70.2 Å². The molecule has 0 heterocycles. The number of carboxylic acids is 1. The molecule has 0 aliphatic rings. The summed E-state index contributed by atoms with van der Waals surface area (Å²) >= 11 is 0. The van der Waals surface area contributed by atoms with E-state index in [1.807, 2.05) is 12.1 Å². The number of carbonyl (C=O) groups is 1. The molecular weight excluding hydrogens is 332 g/mol. The molecule has 138 valence electrons. The zero-order valence-corrected chi connectivity index (χ0v) is 16.4. The standard InChI is InChI=1S/C25H26O2/c1-17-5-8-21(19-9-11-20(12-10-19)24(26)27)16-22(17)15-18-6-13-23(14-7-18)25(2,3)4/h5-14,16H,15H2,1-4H3,(H,26,27). The average Bonchev–Trinajstić information content (AvgIpc) is 2.63. The Morgan fingerprint density at radius 3 is 2.00 bits per heavy atom. The zero-order chi connectivity index (χ0) is 19.6. The second kappa shape index (κ2) is 7.40. The van der Waals surface area contributed by atoms with Gasteiger partial charge in [0.2, 0.25) is 0 Å². The van der Waals surface area contributed by atoms with E-state index in [0.29, 0.717) is 5.56 Å². The molecule has 0 saturated heterocycles. The van der Waals surface area contributed by atoms with Crippen molar-refractivity contribution < 1.29 is 9.90 Å². The molecule has 1 N–H and O–H groups in total. The van der Waals surface area contributed by atoms with Crippen LogP contribution in [0, 0.1) is 6.92 Å². The van der Waals surface area contributed by atoms with Gasteiger partial charge >= 0.3 is 5.97 Å². The first-order valence-electron chi connectivity index (χ1n) is 9.27. The van der Waals surface area contributed by atoms with Crippen LogP contribution in [0.5, 0.6) is 0 Å². The summed E-state index contributed by atoms with van der Waals surface area (Å²) in [5, 5.41) is 9.06. The van der Waals surface area contributed by atoms with Gasteiger partial charge in [0.1, 0.15) is 0 Å². The van der Waals surface area contributed by atoms with Crippen LogP contribution in [0.3, 0.4) is 0 Å². The molecule has 0 aromatic heterocycles. The molecule has 0 amide bonds. The number of aromatic carboxylic acids is 1.